The number of rotatable bonds is 11. The molecule has 0 unspecified atom stereocenters. The topological polar surface area (TPSA) is 120 Å². The average molecular weight is 622 g/mol. The maximum Gasteiger partial charge on any atom is 0.343 e. The van der Waals surface area contributed by atoms with Crippen LogP contribution in [0.15, 0.2) is 77.9 Å². The highest BCUT2D eigenvalue weighted by Crippen LogP contribution is 2.39. The third kappa shape index (κ3) is 6.51. The first-order valence-electron chi connectivity index (χ1n) is 14.6. The second-order valence-electron chi connectivity index (χ2n) is 10.4. The number of hydrazone groups is 1. The van der Waals surface area contributed by atoms with E-state index in [0.717, 1.165) is 33.2 Å². The summed E-state index contributed by atoms with van der Waals surface area (Å²) in [7, 11) is 4.41. The maximum absolute atomic E-state index is 13.4. The molecule has 10 heteroatoms. The van der Waals surface area contributed by atoms with Crippen LogP contribution in [0.1, 0.15) is 44.5 Å². The summed E-state index contributed by atoms with van der Waals surface area (Å²) in [5, 5.41) is 5.18. The number of carbonyl (C=O) groups excluding carboxylic acids is 2. The van der Waals surface area contributed by atoms with Crippen LogP contribution in [-0.2, 0) is 0 Å². The third-order valence-electron chi connectivity index (χ3n) is 7.29. The summed E-state index contributed by atoms with van der Waals surface area (Å²) >= 11 is 0. The van der Waals surface area contributed by atoms with Crippen molar-refractivity contribution in [3.63, 3.8) is 0 Å². The van der Waals surface area contributed by atoms with Gasteiger partial charge in [-0.3, -0.25) is 4.79 Å². The van der Waals surface area contributed by atoms with E-state index in [-0.39, 0.29) is 17.2 Å². The number of H-pyrrole nitrogens is 1. The van der Waals surface area contributed by atoms with Crippen molar-refractivity contribution in [1.82, 2.24) is 10.4 Å². The number of fused-ring (bicyclic) bond motifs is 1. The van der Waals surface area contributed by atoms with E-state index in [1.54, 1.807) is 18.2 Å². The summed E-state index contributed by atoms with van der Waals surface area (Å²) in [4.78, 5) is 29.9. The molecule has 10 nitrogen and oxygen atoms in total. The number of nitrogens with one attached hydrogen (secondary N) is 2. The molecule has 4 aromatic carbocycles. The first-order valence-corrected chi connectivity index (χ1v) is 14.6. The minimum absolute atomic E-state index is 0.197. The van der Waals surface area contributed by atoms with Crippen LogP contribution < -0.4 is 29.1 Å². The Morgan fingerprint density at radius 2 is 1.57 bits per heavy atom. The van der Waals surface area contributed by atoms with Gasteiger partial charge in [-0.1, -0.05) is 42.0 Å². The van der Waals surface area contributed by atoms with Crippen molar-refractivity contribution in [1.29, 1.82) is 0 Å². The molecule has 5 rings (SSSR count). The van der Waals surface area contributed by atoms with E-state index in [1.165, 1.54) is 39.7 Å². The van der Waals surface area contributed by atoms with Crippen molar-refractivity contribution in [3.05, 3.63) is 101 Å². The molecule has 46 heavy (non-hydrogen) atoms. The number of carbonyl (C=O) groups is 2. The number of nitrogens with zero attached hydrogens (tertiary/aromatic N) is 1. The number of methoxy groups -OCH3 is 3. The highest BCUT2D eigenvalue weighted by Gasteiger charge is 2.21. The molecule has 0 aliphatic heterocycles. The number of aromatic amines is 1. The molecule has 0 radical (unpaired) electrons. The van der Waals surface area contributed by atoms with Gasteiger partial charge in [0.2, 0.25) is 5.75 Å². The van der Waals surface area contributed by atoms with Gasteiger partial charge >= 0.3 is 5.97 Å². The van der Waals surface area contributed by atoms with Crippen molar-refractivity contribution in [3.8, 4) is 39.9 Å². The van der Waals surface area contributed by atoms with E-state index >= 15 is 0 Å². The molecule has 0 fully saturated rings. The van der Waals surface area contributed by atoms with E-state index in [4.69, 9.17) is 23.7 Å². The van der Waals surface area contributed by atoms with Crippen LogP contribution in [0.3, 0.4) is 0 Å². The van der Waals surface area contributed by atoms with E-state index in [0.29, 0.717) is 40.9 Å². The fourth-order valence-electron chi connectivity index (χ4n) is 5.26. The fraction of sp³-hybridized carbons (Fsp3) is 0.194. The van der Waals surface area contributed by atoms with Crippen molar-refractivity contribution in [2.45, 2.75) is 20.8 Å². The minimum Gasteiger partial charge on any atom is -0.493 e. The van der Waals surface area contributed by atoms with Crippen molar-refractivity contribution in [2.75, 3.05) is 27.9 Å². The number of amides is 1. The van der Waals surface area contributed by atoms with E-state index in [1.807, 2.05) is 51.1 Å². The largest absolute Gasteiger partial charge is 0.493 e. The van der Waals surface area contributed by atoms with Crippen LogP contribution in [0.5, 0.6) is 28.7 Å². The van der Waals surface area contributed by atoms with Gasteiger partial charge in [0.25, 0.3) is 5.91 Å². The highest BCUT2D eigenvalue weighted by molar-refractivity contribution is 6.10. The van der Waals surface area contributed by atoms with Crippen LogP contribution >= 0.6 is 0 Å². The molecule has 0 aliphatic carbocycles. The Kier molecular flexibility index (Phi) is 9.56. The average Bonchev–Trinajstić information content (AvgIpc) is 3.45. The van der Waals surface area contributed by atoms with Crippen LogP contribution in [0.4, 0.5) is 0 Å². The lowest BCUT2D eigenvalue weighted by molar-refractivity contribution is 0.0727. The molecule has 0 saturated heterocycles. The lowest BCUT2D eigenvalue weighted by atomic mass is 9.99. The van der Waals surface area contributed by atoms with Crippen LogP contribution in [0.2, 0.25) is 0 Å². The Morgan fingerprint density at radius 1 is 0.848 bits per heavy atom. The van der Waals surface area contributed by atoms with E-state index in [2.05, 4.69) is 27.6 Å². The number of benzene rings is 4. The van der Waals surface area contributed by atoms with E-state index in [9.17, 15) is 9.59 Å². The zero-order chi connectivity index (χ0) is 32.8. The van der Waals surface area contributed by atoms with Gasteiger partial charge in [0.15, 0.2) is 23.0 Å². The van der Waals surface area contributed by atoms with Crippen molar-refractivity contribution >= 4 is 29.0 Å². The zero-order valence-corrected chi connectivity index (χ0v) is 26.5. The molecule has 1 amide bonds. The molecule has 1 heterocycles. The summed E-state index contributed by atoms with van der Waals surface area (Å²) in [6, 6.07) is 21.9. The maximum atomic E-state index is 13.4. The van der Waals surface area contributed by atoms with Gasteiger partial charge in [0, 0.05) is 16.5 Å². The number of aromatic nitrogens is 1. The second kappa shape index (κ2) is 13.9. The SMILES string of the molecule is CCOc1cc(C=NNC(=O)c2[nH]c3c(C)cc(C)cc3c2-c2ccccc2)ccc1OC(=O)c1cc(OC)c(OC)c(OC)c1. The number of ether oxygens (including phenoxy) is 5. The van der Waals surface area contributed by atoms with Gasteiger partial charge in [0.1, 0.15) is 5.69 Å². The summed E-state index contributed by atoms with van der Waals surface area (Å²) in [5.74, 6) is 0.501. The first-order chi connectivity index (χ1) is 22.3. The molecular formula is C36H35N3O7. The second-order valence-corrected chi connectivity index (χ2v) is 10.4. The Bertz CT molecular complexity index is 1900. The quantitative estimate of drug-likeness (QED) is 0.0716. The molecule has 0 bridgehead atoms. The molecule has 1 aromatic heterocycles. The van der Waals surface area contributed by atoms with Crippen LogP contribution in [-0.4, -0.2) is 51.0 Å². The summed E-state index contributed by atoms with van der Waals surface area (Å²) in [6.45, 7) is 6.20. The number of aryl methyl sites for hydroxylation is 2. The molecule has 2 N–H and O–H groups in total. The van der Waals surface area contributed by atoms with Crippen molar-refractivity contribution < 1.29 is 33.3 Å². The van der Waals surface area contributed by atoms with Gasteiger partial charge < -0.3 is 28.7 Å². The molecule has 5 aromatic rings. The normalized spacial score (nSPS) is 11.0. The Hall–Kier alpha value is -5.77. The van der Waals surface area contributed by atoms with E-state index < -0.39 is 5.97 Å². The minimum atomic E-state index is -0.646. The summed E-state index contributed by atoms with van der Waals surface area (Å²) in [5.41, 5.74) is 8.65. The third-order valence-corrected chi connectivity index (χ3v) is 7.29. The summed E-state index contributed by atoms with van der Waals surface area (Å²) in [6.07, 6.45) is 1.49. The smallest absolute Gasteiger partial charge is 0.343 e. The van der Waals surface area contributed by atoms with Gasteiger partial charge in [-0.25, -0.2) is 10.2 Å². The standard InChI is InChI=1S/C36H35N3O7/c1-7-45-28-17-23(13-14-27(28)46-36(41)25-18-29(42-4)34(44-6)30(19-25)43-5)20-37-39-35(40)33-31(24-11-9-8-10-12-24)26-16-21(2)15-22(3)32(26)38-33/h8-20,38H,7H2,1-6H3,(H,39,40). The fourth-order valence-corrected chi connectivity index (χ4v) is 5.26. The number of esters is 1. The monoisotopic (exact) mass is 621 g/mol. The Labute approximate surface area is 266 Å². The highest BCUT2D eigenvalue weighted by atomic mass is 16.6. The molecule has 0 spiro atoms. The van der Waals surface area contributed by atoms with Gasteiger partial charge in [-0.05, 0) is 73.9 Å². The first kappa shape index (κ1) is 31.6. The molecule has 0 atom stereocenters. The number of hydrogen-bond acceptors (Lipinski definition) is 8. The van der Waals surface area contributed by atoms with Crippen LogP contribution in [0.25, 0.3) is 22.0 Å². The lowest BCUT2D eigenvalue weighted by Crippen LogP contribution is -2.19. The summed E-state index contributed by atoms with van der Waals surface area (Å²) < 4.78 is 27.5. The van der Waals surface area contributed by atoms with Gasteiger partial charge in [-0.2, -0.15) is 5.10 Å². The Morgan fingerprint density at radius 3 is 2.22 bits per heavy atom. The molecular weight excluding hydrogens is 586 g/mol. The van der Waals surface area contributed by atoms with Gasteiger partial charge in [-0.15, -0.1) is 0 Å². The lowest BCUT2D eigenvalue weighted by Gasteiger charge is -2.15. The molecule has 0 saturated carbocycles. The van der Waals surface area contributed by atoms with Crippen LogP contribution in [0, 0.1) is 13.8 Å². The molecule has 0 aliphatic rings. The number of hydrogen-bond donors (Lipinski definition) is 2. The van der Waals surface area contributed by atoms with Crippen molar-refractivity contribution in [2.24, 2.45) is 5.10 Å². The zero-order valence-electron chi connectivity index (χ0n) is 26.5. The Balaban J connectivity index is 1.37. The predicted octanol–water partition coefficient (Wildman–Crippen LogP) is 6.86. The van der Waals surface area contributed by atoms with Gasteiger partial charge in [0.05, 0.1) is 39.7 Å². The predicted molar refractivity (Wildman–Crippen MR) is 177 cm³/mol. The molecule has 236 valence electrons.